The summed E-state index contributed by atoms with van der Waals surface area (Å²) in [5.41, 5.74) is 3.97. The predicted octanol–water partition coefficient (Wildman–Crippen LogP) is 4.90. The van der Waals surface area contributed by atoms with Gasteiger partial charge in [-0.1, -0.05) is 54.6 Å². The van der Waals surface area contributed by atoms with Gasteiger partial charge in [-0.15, -0.1) is 0 Å². The van der Waals surface area contributed by atoms with E-state index in [9.17, 15) is 0 Å². The maximum atomic E-state index is 3.54. The molecule has 2 unspecified atom stereocenters. The highest BCUT2D eigenvalue weighted by molar-refractivity contribution is 8.00. The zero-order valence-corrected chi connectivity index (χ0v) is 13.6. The minimum atomic E-state index is 0.322. The fourth-order valence-corrected chi connectivity index (χ4v) is 4.82. The molecular weight excluding hydrogens is 274 g/mol. The van der Waals surface area contributed by atoms with Crippen LogP contribution in [0, 0.1) is 0 Å². The van der Waals surface area contributed by atoms with Crippen molar-refractivity contribution in [2.45, 2.75) is 30.6 Å². The van der Waals surface area contributed by atoms with Crippen molar-refractivity contribution in [3.8, 4) is 11.1 Å². The van der Waals surface area contributed by atoms with Gasteiger partial charge in [0.2, 0.25) is 0 Å². The Hall–Kier alpha value is -1.25. The quantitative estimate of drug-likeness (QED) is 0.861. The van der Waals surface area contributed by atoms with E-state index in [2.05, 4.69) is 85.6 Å². The highest BCUT2D eigenvalue weighted by Gasteiger charge is 2.37. The van der Waals surface area contributed by atoms with Gasteiger partial charge in [0.15, 0.2) is 0 Å². The van der Waals surface area contributed by atoms with Crippen LogP contribution in [0.1, 0.15) is 31.4 Å². The average molecular weight is 297 g/mol. The second-order valence-corrected chi connectivity index (χ2v) is 7.60. The van der Waals surface area contributed by atoms with Crippen molar-refractivity contribution in [1.29, 1.82) is 0 Å². The van der Waals surface area contributed by atoms with Crippen molar-refractivity contribution >= 4 is 11.8 Å². The number of benzene rings is 2. The van der Waals surface area contributed by atoms with Crippen molar-refractivity contribution < 1.29 is 0 Å². The number of rotatable bonds is 4. The molecule has 1 N–H and O–H groups in total. The van der Waals surface area contributed by atoms with Gasteiger partial charge >= 0.3 is 0 Å². The lowest BCUT2D eigenvalue weighted by atomic mass is 9.89. The largest absolute Gasteiger partial charge is 0.312 e. The normalized spacial score (nSPS) is 23.1. The van der Waals surface area contributed by atoms with Crippen molar-refractivity contribution in [3.05, 3.63) is 60.2 Å². The van der Waals surface area contributed by atoms with Gasteiger partial charge in [-0.05, 0) is 49.3 Å². The van der Waals surface area contributed by atoms with E-state index in [1.165, 1.54) is 35.3 Å². The molecule has 1 nitrogen and oxygen atoms in total. The van der Waals surface area contributed by atoms with Crippen molar-refractivity contribution in [3.63, 3.8) is 0 Å². The predicted molar refractivity (Wildman–Crippen MR) is 93.8 cm³/mol. The molecule has 2 aromatic rings. The molecule has 3 rings (SSSR count). The highest BCUT2D eigenvalue weighted by Crippen LogP contribution is 2.46. The third-order valence-corrected chi connectivity index (χ3v) is 6.09. The summed E-state index contributed by atoms with van der Waals surface area (Å²) in [6, 6.07) is 20.1. The Morgan fingerprint density at radius 2 is 1.67 bits per heavy atom. The number of thioether (sulfide) groups is 1. The maximum Gasteiger partial charge on any atom is 0.0464 e. The van der Waals surface area contributed by atoms with E-state index >= 15 is 0 Å². The molecule has 1 heterocycles. The molecule has 2 atom stereocenters. The van der Waals surface area contributed by atoms with E-state index in [-0.39, 0.29) is 0 Å². The first-order valence-electron chi connectivity index (χ1n) is 7.69. The number of nitrogens with one attached hydrogen (secondary N) is 1. The standard InChI is InChI=1S/C19H23NS/c1-19(13-6-14-21-19)18(20-2)17-11-9-16(10-12-17)15-7-4-3-5-8-15/h3-5,7-12,18,20H,6,13-14H2,1-2H3. The minimum Gasteiger partial charge on any atom is -0.312 e. The summed E-state index contributed by atoms with van der Waals surface area (Å²) < 4.78 is 0.322. The molecule has 0 amide bonds. The molecule has 1 saturated heterocycles. The first-order valence-corrected chi connectivity index (χ1v) is 8.68. The van der Waals surface area contributed by atoms with Crippen LogP contribution in [0.5, 0.6) is 0 Å². The summed E-state index contributed by atoms with van der Waals surface area (Å²) in [4.78, 5) is 0. The number of hydrogen-bond donors (Lipinski definition) is 1. The zero-order valence-electron chi connectivity index (χ0n) is 12.8. The van der Waals surface area contributed by atoms with Gasteiger partial charge in [0.05, 0.1) is 0 Å². The minimum absolute atomic E-state index is 0.322. The van der Waals surface area contributed by atoms with Crippen molar-refractivity contribution in [2.24, 2.45) is 0 Å². The van der Waals surface area contributed by atoms with Crippen LogP contribution >= 0.6 is 11.8 Å². The van der Waals surface area contributed by atoms with Gasteiger partial charge in [-0.25, -0.2) is 0 Å². The van der Waals surface area contributed by atoms with E-state index < -0.39 is 0 Å². The highest BCUT2D eigenvalue weighted by atomic mass is 32.2. The van der Waals surface area contributed by atoms with E-state index in [4.69, 9.17) is 0 Å². The second-order valence-electron chi connectivity index (χ2n) is 5.97. The van der Waals surface area contributed by atoms with Crippen LogP contribution in [-0.2, 0) is 0 Å². The molecule has 1 aliphatic rings. The molecule has 0 spiro atoms. The van der Waals surface area contributed by atoms with Crippen LogP contribution < -0.4 is 5.32 Å². The Kier molecular flexibility index (Phi) is 4.37. The molecule has 0 aliphatic carbocycles. The van der Waals surface area contributed by atoms with E-state index in [1.807, 2.05) is 0 Å². The summed E-state index contributed by atoms with van der Waals surface area (Å²) in [7, 11) is 2.08. The fraction of sp³-hybridized carbons (Fsp3) is 0.368. The number of hydrogen-bond acceptors (Lipinski definition) is 2. The molecule has 1 fully saturated rings. The Morgan fingerprint density at radius 1 is 1.00 bits per heavy atom. The fourth-order valence-electron chi connectivity index (χ4n) is 3.35. The van der Waals surface area contributed by atoms with Crippen LogP contribution in [0.4, 0.5) is 0 Å². The smallest absolute Gasteiger partial charge is 0.0464 e. The van der Waals surface area contributed by atoms with Crippen LogP contribution in [-0.4, -0.2) is 17.5 Å². The molecule has 110 valence electrons. The molecular formula is C19H23NS. The SMILES string of the molecule is CNC(c1ccc(-c2ccccc2)cc1)C1(C)CCCS1. The van der Waals surface area contributed by atoms with Crippen LogP contribution in [0.3, 0.4) is 0 Å². The lowest BCUT2D eigenvalue weighted by molar-refractivity contribution is 0.441. The summed E-state index contributed by atoms with van der Waals surface area (Å²) >= 11 is 2.11. The first-order chi connectivity index (χ1) is 10.2. The monoisotopic (exact) mass is 297 g/mol. The molecule has 0 aromatic heterocycles. The van der Waals surface area contributed by atoms with Crippen LogP contribution in [0.15, 0.2) is 54.6 Å². The summed E-state index contributed by atoms with van der Waals surface area (Å²) in [6.45, 7) is 2.40. The lowest BCUT2D eigenvalue weighted by Crippen LogP contribution is -2.35. The third-order valence-electron chi connectivity index (χ3n) is 4.50. The van der Waals surface area contributed by atoms with E-state index in [0.29, 0.717) is 10.8 Å². The summed E-state index contributed by atoms with van der Waals surface area (Å²) in [5, 5.41) is 3.54. The Morgan fingerprint density at radius 3 is 2.24 bits per heavy atom. The second kappa shape index (κ2) is 6.25. The van der Waals surface area contributed by atoms with Gasteiger partial charge in [0.1, 0.15) is 0 Å². The molecule has 0 saturated carbocycles. The average Bonchev–Trinajstić information content (AvgIpc) is 2.97. The van der Waals surface area contributed by atoms with Crippen molar-refractivity contribution in [2.75, 3.05) is 12.8 Å². The Labute approximate surface area is 132 Å². The van der Waals surface area contributed by atoms with Crippen molar-refractivity contribution in [1.82, 2.24) is 5.32 Å². The Balaban J connectivity index is 1.86. The van der Waals surface area contributed by atoms with Gasteiger partial charge in [0.25, 0.3) is 0 Å². The molecule has 2 aromatic carbocycles. The van der Waals surface area contributed by atoms with E-state index in [1.54, 1.807) is 0 Å². The lowest BCUT2D eigenvalue weighted by Gasteiger charge is -2.33. The van der Waals surface area contributed by atoms with Crippen LogP contribution in [0.25, 0.3) is 11.1 Å². The maximum absolute atomic E-state index is 3.54. The van der Waals surface area contributed by atoms with Gasteiger partial charge in [-0.3, -0.25) is 0 Å². The zero-order chi connectivity index (χ0) is 14.7. The molecule has 0 radical (unpaired) electrons. The van der Waals surface area contributed by atoms with E-state index in [0.717, 1.165) is 0 Å². The van der Waals surface area contributed by atoms with Gasteiger partial charge in [0, 0.05) is 10.8 Å². The molecule has 21 heavy (non-hydrogen) atoms. The van der Waals surface area contributed by atoms with Gasteiger partial charge < -0.3 is 5.32 Å². The topological polar surface area (TPSA) is 12.0 Å². The van der Waals surface area contributed by atoms with Crippen LogP contribution in [0.2, 0.25) is 0 Å². The molecule has 2 heteroatoms. The molecule has 0 bridgehead atoms. The Bertz CT molecular complexity index is 570. The summed E-state index contributed by atoms with van der Waals surface area (Å²) in [5.74, 6) is 1.29. The van der Waals surface area contributed by atoms with Gasteiger partial charge in [-0.2, -0.15) is 11.8 Å². The summed E-state index contributed by atoms with van der Waals surface area (Å²) in [6.07, 6.45) is 2.63. The first kappa shape index (κ1) is 14.7. The molecule has 1 aliphatic heterocycles. The third kappa shape index (κ3) is 3.02.